The molecule has 8 heteroatoms. The van der Waals surface area contributed by atoms with Crippen molar-refractivity contribution >= 4 is 46.3 Å². The zero-order valence-electron chi connectivity index (χ0n) is 19.9. The second kappa shape index (κ2) is 11.6. The molecule has 1 aliphatic heterocycles. The lowest BCUT2D eigenvalue weighted by Crippen LogP contribution is -2.34. The molecule has 2 aromatic carbocycles. The molecule has 0 saturated carbocycles. The van der Waals surface area contributed by atoms with Gasteiger partial charge in [-0.1, -0.05) is 56.1 Å². The third-order valence-corrected chi connectivity index (χ3v) is 6.53. The largest absolute Gasteiger partial charge is 0.353 e. The zero-order valence-corrected chi connectivity index (χ0v) is 21.4. The maximum Gasteiger partial charge on any atom is 0.156 e. The predicted octanol–water partition coefficient (Wildman–Crippen LogP) is 5.85. The van der Waals surface area contributed by atoms with E-state index >= 15 is 0 Å². The lowest BCUT2D eigenvalue weighted by Gasteiger charge is -2.24. The number of hydrogen-bond acceptors (Lipinski definition) is 6. The van der Waals surface area contributed by atoms with Crippen LogP contribution in [-0.2, 0) is 4.79 Å². The van der Waals surface area contributed by atoms with Crippen molar-refractivity contribution in [2.24, 2.45) is 5.92 Å². The lowest BCUT2D eigenvalue weighted by molar-refractivity contribution is -0.110. The summed E-state index contributed by atoms with van der Waals surface area (Å²) in [5.74, 6) is 1.02. The number of aldehydes is 1. The van der Waals surface area contributed by atoms with E-state index in [9.17, 15) is 10.1 Å². The Balaban J connectivity index is 0.000000588. The van der Waals surface area contributed by atoms with Crippen molar-refractivity contribution in [3.8, 4) is 17.3 Å². The number of nitrogens with zero attached hydrogens (tertiary/aromatic N) is 5. The Bertz CT molecular complexity index is 1210. The van der Waals surface area contributed by atoms with Crippen molar-refractivity contribution in [2.45, 2.75) is 33.2 Å². The van der Waals surface area contributed by atoms with Crippen molar-refractivity contribution < 1.29 is 4.79 Å². The molecule has 1 unspecified atom stereocenters. The summed E-state index contributed by atoms with van der Waals surface area (Å²) in [6, 6.07) is 13.7. The maximum absolute atomic E-state index is 9.50. The Morgan fingerprint density at radius 2 is 1.85 bits per heavy atom. The first-order valence-electron chi connectivity index (χ1n) is 11.3. The minimum Gasteiger partial charge on any atom is -0.353 e. The van der Waals surface area contributed by atoms with E-state index in [0.717, 1.165) is 49.4 Å². The number of carbonyl (C=O) groups excluding carboxylic acids is 1. The highest BCUT2D eigenvalue weighted by atomic mass is 35.5. The molecular formula is C26H29Cl2N5O. The first-order valence-corrected chi connectivity index (χ1v) is 12.1. The number of benzene rings is 2. The summed E-state index contributed by atoms with van der Waals surface area (Å²) < 4.78 is 0. The molecule has 1 saturated heterocycles. The minimum absolute atomic E-state index is 0.204. The van der Waals surface area contributed by atoms with Gasteiger partial charge in [-0.3, -0.25) is 0 Å². The van der Waals surface area contributed by atoms with Crippen LogP contribution in [0.15, 0.2) is 36.4 Å². The van der Waals surface area contributed by atoms with Crippen LogP contribution in [0.25, 0.3) is 22.3 Å². The Hall–Kier alpha value is -2.72. The SMILES string of the molecule is CC(C)C=O.CCN(C)C1CCN(c2nc3cc(Cl)c(Cl)cc3nc2-c2cccc(C#N)c2)C1. The van der Waals surface area contributed by atoms with Crippen LogP contribution in [0.3, 0.4) is 0 Å². The number of fused-ring (bicyclic) bond motifs is 1. The average molecular weight is 498 g/mol. The van der Waals surface area contributed by atoms with Gasteiger partial charge in [0.25, 0.3) is 0 Å². The first-order chi connectivity index (χ1) is 16.3. The van der Waals surface area contributed by atoms with E-state index in [0.29, 0.717) is 32.7 Å². The molecule has 0 aliphatic carbocycles. The highest BCUT2D eigenvalue weighted by Gasteiger charge is 2.28. The third-order valence-electron chi connectivity index (χ3n) is 5.81. The molecule has 1 aromatic heterocycles. The van der Waals surface area contributed by atoms with E-state index in [4.69, 9.17) is 33.2 Å². The van der Waals surface area contributed by atoms with Crippen LogP contribution in [-0.4, -0.2) is 53.9 Å². The fourth-order valence-corrected chi connectivity index (χ4v) is 4.06. The summed E-state index contributed by atoms with van der Waals surface area (Å²) in [7, 11) is 2.15. The highest BCUT2D eigenvalue weighted by Crippen LogP contribution is 2.35. The third kappa shape index (κ3) is 6.04. The van der Waals surface area contributed by atoms with Crippen LogP contribution < -0.4 is 4.90 Å². The normalized spacial score (nSPS) is 15.4. The van der Waals surface area contributed by atoms with Crippen LogP contribution in [0.1, 0.15) is 32.8 Å². The fraction of sp³-hybridized carbons (Fsp3) is 0.385. The average Bonchev–Trinajstić information content (AvgIpc) is 3.34. The summed E-state index contributed by atoms with van der Waals surface area (Å²) in [5, 5.41) is 10.2. The molecule has 3 aromatic rings. The van der Waals surface area contributed by atoms with E-state index in [1.165, 1.54) is 0 Å². The number of hydrogen-bond donors (Lipinski definition) is 0. The van der Waals surface area contributed by atoms with Crippen LogP contribution in [0.2, 0.25) is 10.0 Å². The standard InChI is InChI=1S/C22H21Cl2N5.C4H8O/c1-3-28(2)16-7-8-29(13-16)22-21(15-6-4-5-14(9-15)12-25)26-19-10-17(23)18(24)11-20(19)27-22;1-4(2)3-5/h4-6,9-11,16H,3,7-8,13H2,1-2H3;3-4H,1-2H3. The Morgan fingerprint density at radius 3 is 2.44 bits per heavy atom. The van der Waals surface area contributed by atoms with Gasteiger partial charge in [-0.15, -0.1) is 0 Å². The van der Waals surface area contributed by atoms with Gasteiger partial charge in [0, 0.05) is 30.6 Å². The Labute approximate surface area is 211 Å². The maximum atomic E-state index is 9.50. The summed E-state index contributed by atoms with van der Waals surface area (Å²) in [4.78, 5) is 24.0. The van der Waals surface area contributed by atoms with Crippen LogP contribution in [0.4, 0.5) is 5.82 Å². The second-order valence-corrected chi connectivity index (χ2v) is 9.50. The van der Waals surface area contributed by atoms with Crippen molar-refractivity contribution in [1.29, 1.82) is 5.26 Å². The quantitative estimate of drug-likeness (QED) is 0.411. The molecule has 0 N–H and O–H groups in total. The van der Waals surface area contributed by atoms with Crippen molar-refractivity contribution in [2.75, 3.05) is 31.6 Å². The molecule has 0 spiro atoms. The van der Waals surface area contributed by atoms with Gasteiger partial charge < -0.3 is 14.6 Å². The number of rotatable bonds is 5. The molecule has 1 aliphatic rings. The van der Waals surface area contributed by atoms with E-state index in [2.05, 4.69) is 29.8 Å². The molecular weight excluding hydrogens is 469 g/mol. The summed E-state index contributed by atoms with van der Waals surface area (Å²) >= 11 is 12.4. The molecule has 1 fully saturated rings. The van der Waals surface area contributed by atoms with Gasteiger partial charge in [0.2, 0.25) is 0 Å². The number of carbonyl (C=O) groups is 1. The van der Waals surface area contributed by atoms with Gasteiger partial charge in [0.15, 0.2) is 5.82 Å². The van der Waals surface area contributed by atoms with Crippen molar-refractivity contribution in [3.63, 3.8) is 0 Å². The number of likely N-dealkylation sites (N-methyl/N-ethyl adjacent to an activating group) is 1. The van der Waals surface area contributed by atoms with Gasteiger partial charge >= 0.3 is 0 Å². The number of nitriles is 1. The predicted molar refractivity (Wildman–Crippen MR) is 140 cm³/mol. The zero-order chi connectivity index (χ0) is 24.8. The van der Waals surface area contributed by atoms with Crippen LogP contribution >= 0.6 is 23.2 Å². The highest BCUT2D eigenvalue weighted by molar-refractivity contribution is 6.42. The van der Waals surface area contributed by atoms with Crippen molar-refractivity contribution in [1.82, 2.24) is 14.9 Å². The number of halogens is 2. The summed E-state index contributed by atoms with van der Waals surface area (Å²) in [5.41, 5.74) is 3.61. The topological polar surface area (TPSA) is 73.1 Å². The molecule has 1 atom stereocenters. The van der Waals surface area contributed by atoms with Gasteiger partial charge in [-0.05, 0) is 44.3 Å². The summed E-state index contributed by atoms with van der Waals surface area (Å²) in [6.07, 6.45) is 1.99. The molecule has 178 valence electrons. The van der Waals surface area contributed by atoms with Crippen LogP contribution in [0, 0.1) is 17.2 Å². The van der Waals surface area contributed by atoms with Gasteiger partial charge in [0.05, 0.1) is 32.7 Å². The molecule has 2 heterocycles. The monoisotopic (exact) mass is 497 g/mol. The van der Waals surface area contributed by atoms with Gasteiger partial charge in [-0.25, -0.2) is 9.97 Å². The fourth-order valence-electron chi connectivity index (χ4n) is 3.74. The number of aromatic nitrogens is 2. The molecule has 0 radical (unpaired) electrons. The van der Waals surface area contributed by atoms with Gasteiger partial charge in [0.1, 0.15) is 12.0 Å². The van der Waals surface area contributed by atoms with Gasteiger partial charge in [-0.2, -0.15) is 5.26 Å². The molecule has 6 nitrogen and oxygen atoms in total. The van der Waals surface area contributed by atoms with E-state index in [1.54, 1.807) is 18.2 Å². The second-order valence-electron chi connectivity index (χ2n) is 8.69. The van der Waals surface area contributed by atoms with E-state index in [-0.39, 0.29) is 5.92 Å². The first kappa shape index (κ1) is 25.9. The number of anilines is 1. The van der Waals surface area contributed by atoms with E-state index in [1.807, 2.05) is 32.0 Å². The van der Waals surface area contributed by atoms with E-state index < -0.39 is 0 Å². The molecule has 4 rings (SSSR count). The summed E-state index contributed by atoms with van der Waals surface area (Å²) in [6.45, 7) is 8.67. The van der Waals surface area contributed by atoms with Crippen LogP contribution in [0.5, 0.6) is 0 Å². The Kier molecular flexibility index (Phi) is 8.84. The smallest absolute Gasteiger partial charge is 0.156 e. The van der Waals surface area contributed by atoms with Crippen molar-refractivity contribution in [3.05, 3.63) is 52.0 Å². The molecule has 0 amide bonds. The molecule has 0 bridgehead atoms. The minimum atomic E-state index is 0.204. The Morgan fingerprint density at radius 1 is 1.21 bits per heavy atom. The lowest BCUT2D eigenvalue weighted by atomic mass is 10.1. The molecule has 34 heavy (non-hydrogen) atoms.